The topological polar surface area (TPSA) is 88.2 Å². The van der Waals surface area contributed by atoms with E-state index < -0.39 is 23.0 Å². The van der Waals surface area contributed by atoms with Crippen LogP contribution in [0.1, 0.15) is 24.1 Å². The highest BCUT2D eigenvalue weighted by molar-refractivity contribution is 5.89. The van der Waals surface area contributed by atoms with Crippen molar-refractivity contribution < 1.29 is 23.2 Å². The fourth-order valence-electron chi connectivity index (χ4n) is 4.84. The maximum Gasteiger partial charge on any atom is 0.314 e. The van der Waals surface area contributed by atoms with Crippen molar-refractivity contribution in [1.82, 2.24) is 10.1 Å². The second-order valence-electron chi connectivity index (χ2n) is 9.62. The number of rotatable bonds is 7. The number of aryl methyl sites for hydroxylation is 1. The lowest BCUT2D eigenvalue weighted by Crippen LogP contribution is -2.19. The third-order valence-corrected chi connectivity index (χ3v) is 7.17. The number of carboxylic acids is 1. The number of carboxylic acid groups (broad SMARTS) is 1. The van der Waals surface area contributed by atoms with E-state index in [9.17, 15) is 18.7 Å². The molecule has 0 radical (unpaired) electrons. The number of benzene rings is 3. The van der Waals surface area contributed by atoms with E-state index in [1.165, 1.54) is 12.1 Å². The van der Waals surface area contributed by atoms with Crippen molar-refractivity contribution in [3.8, 4) is 33.7 Å². The Balaban J connectivity index is 1.35. The Morgan fingerprint density at radius 1 is 0.897 bits per heavy atom. The number of pyridine rings is 1. The summed E-state index contributed by atoms with van der Waals surface area (Å²) >= 11 is 0. The van der Waals surface area contributed by atoms with E-state index in [4.69, 9.17) is 4.52 Å². The van der Waals surface area contributed by atoms with Gasteiger partial charge in [0.25, 0.3) is 0 Å². The van der Waals surface area contributed by atoms with Crippen molar-refractivity contribution in [2.75, 3.05) is 5.32 Å². The average molecular weight is 524 g/mol. The molecule has 194 valence electrons. The third kappa shape index (κ3) is 4.33. The third-order valence-electron chi connectivity index (χ3n) is 7.17. The molecule has 0 unspecified atom stereocenters. The first-order chi connectivity index (χ1) is 18.9. The van der Waals surface area contributed by atoms with Gasteiger partial charge >= 0.3 is 5.97 Å². The molecule has 6 nitrogen and oxygen atoms in total. The lowest BCUT2D eigenvalue weighted by Gasteiger charge is -2.13. The normalized spacial score (nSPS) is 13.7. The van der Waals surface area contributed by atoms with Crippen LogP contribution in [-0.4, -0.2) is 21.2 Å². The van der Waals surface area contributed by atoms with Gasteiger partial charge in [-0.3, -0.25) is 4.79 Å². The van der Waals surface area contributed by atoms with Gasteiger partial charge in [0, 0.05) is 11.1 Å². The molecule has 3 aromatic carbocycles. The maximum absolute atomic E-state index is 14.4. The summed E-state index contributed by atoms with van der Waals surface area (Å²) in [6.07, 6.45) is 1.29. The molecule has 2 heterocycles. The Morgan fingerprint density at radius 2 is 1.59 bits per heavy atom. The number of aromatic nitrogens is 2. The van der Waals surface area contributed by atoms with Crippen LogP contribution in [0.25, 0.3) is 33.7 Å². The van der Waals surface area contributed by atoms with Gasteiger partial charge in [-0.25, -0.2) is 13.8 Å². The molecule has 0 spiro atoms. The predicted molar refractivity (Wildman–Crippen MR) is 144 cm³/mol. The summed E-state index contributed by atoms with van der Waals surface area (Å²) in [5, 5.41) is 17.0. The van der Waals surface area contributed by atoms with Gasteiger partial charge in [0.2, 0.25) is 0 Å². The van der Waals surface area contributed by atoms with Crippen LogP contribution in [0, 0.1) is 18.6 Å². The van der Waals surface area contributed by atoms with Gasteiger partial charge in [0.05, 0.1) is 11.1 Å². The molecule has 5 aromatic rings. The molecule has 39 heavy (non-hydrogen) atoms. The van der Waals surface area contributed by atoms with Gasteiger partial charge in [-0.2, -0.15) is 0 Å². The van der Waals surface area contributed by atoms with E-state index >= 15 is 0 Å². The quantitative estimate of drug-likeness (QED) is 0.229. The van der Waals surface area contributed by atoms with Crippen molar-refractivity contribution in [3.63, 3.8) is 0 Å². The second kappa shape index (κ2) is 9.47. The Morgan fingerprint density at radius 3 is 2.31 bits per heavy atom. The molecular weight excluding hydrogens is 500 g/mol. The van der Waals surface area contributed by atoms with E-state index in [2.05, 4.69) is 15.5 Å². The minimum Gasteiger partial charge on any atom is -0.481 e. The molecule has 0 atom stereocenters. The highest BCUT2D eigenvalue weighted by Crippen LogP contribution is 2.49. The summed E-state index contributed by atoms with van der Waals surface area (Å²) in [6, 6.07) is 24.3. The van der Waals surface area contributed by atoms with Gasteiger partial charge in [-0.15, -0.1) is 0 Å². The molecule has 0 amide bonds. The van der Waals surface area contributed by atoms with E-state index in [1.54, 1.807) is 25.1 Å². The molecule has 1 aliphatic carbocycles. The average Bonchev–Trinajstić information content (AvgIpc) is 3.70. The van der Waals surface area contributed by atoms with Crippen LogP contribution in [0.4, 0.5) is 20.3 Å². The Kier molecular flexibility index (Phi) is 5.95. The minimum atomic E-state index is -0.958. The monoisotopic (exact) mass is 523 g/mol. The van der Waals surface area contributed by atoms with Crippen LogP contribution >= 0.6 is 0 Å². The van der Waals surface area contributed by atoms with Crippen molar-refractivity contribution in [3.05, 3.63) is 108 Å². The Bertz CT molecular complexity index is 1710. The summed E-state index contributed by atoms with van der Waals surface area (Å²) in [6.45, 7) is 1.80. The van der Waals surface area contributed by atoms with Gasteiger partial charge in [0.1, 0.15) is 17.2 Å². The highest BCUT2D eigenvalue weighted by atomic mass is 19.2. The van der Waals surface area contributed by atoms with Crippen LogP contribution in [0.3, 0.4) is 0 Å². The van der Waals surface area contributed by atoms with Crippen molar-refractivity contribution in [2.45, 2.75) is 25.2 Å². The molecule has 8 heteroatoms. The van der Waals surface area contributed by atoms with Crippen molar-refractivity contribution in [2.24, 2.45) is 0 Å². The number of anilines is 2. The molecule has 1 aliphatic rings. The Hall–Kier alpha value is -4.85. The zero-order valence-corrected chi connectivity index (χ0v) is 20.9. The summed E-state index contributed by atoms with van der Waals surface area (Å²) in [7, 11) is 0. The van der Waals surface area contributed by atoms with Crippen LogP contribution in [0.2, 0.25) is 0 Å². The number of hydrogen-bond acceptors (Lipinski definition) is 5. The standard InChI is InChI=1S/C31H23F2N3O3/c1-18-28(35-26-11-5-10-25(34-26)23-8-4-9-24(32)27(23)33)29(39-36-18)22-7-3-2-6-21(22)19-12-14-20(15-13-19)31(16-17-31)30(37)38/h2-15H,16-17H2,1H3,(H,34,35)(H,37,38). The molecule has 0 bridgehead atoms. The smallest absolute Gasteiger partial charge is 0.314 e. The lowest BCUT2D eigenvalue weighted by atomic mass is 9.92. The number of carbonyl (C=O) groups is 1. The number of nitrogens with one attached hydrogen (secondary N) is 1. The zero-order chi connectivity index (χ0) is 27.1. The van der Waals surface area contributed by atoms with E-state index in [1.807, 2.05) is 48.5 Å². The summed E-state index contributed by atoms with van der Waals surface area (Å²) in [4.78, 5) is 16.2. The first-order valence-electron chi connectivity index (χ1n) is 12.5. The van der Waals surface area contributed by atoms with E-state index in [0.29, 0.717) is 35.8 Å². The first kappa shape index (κ1) is 24.5. The molecule has 1 saturated carbocycles. The lowest BCUT2D eigenvalue weighted by molar-refractivity contribution is -0.140. The molecule has 0 saturated heterocycles. The summed E-state index contributed by atoms with van der Waals surface area (Å²) < 4.78 is 33.9. The molecule has 2 N–H and O–H groups in total. The van der Waals surface area contributed by atoms with Crippen LogP contribution in [0.15, 0.2) is 89.5 Å². The van der Waals surface area contributed by atoms with Crippen LogP contribution in [0.5, 0.6) is 0 Å². The van der Waals surface area contributed by atoms with Crippen LogP contribution in [-0.2, 0) is 10.2 Å². The number of aliphatic carboxylic acids is 1. The second-order valence-corrected chi connectivity index (χ2v) is 9.62. The molecule has 1 fully saturated rings. The molecule has 0 aliphatic heterocycles. The number of nitrogens with zero attached hydrogens (tertiary/aromatic N) is 2. The molecule has 2 aromatic heterocycles. The van der Waals surface area contributed by atoms with Crippen molar-refractivity contribution >= 4 is 17.5 Å². The minimum absolute atomic E-state index is 0.0607. The SMILES string of the molecule is Cc1noc(-c2ccccc2-c2ccc(C3(C(=O)O)CC3)cc2)c1Nc1cccc(-c2cccc(F)c2F)n1. The van der Waals surface area contributed by atoms with Gasteiger partial charge in [0.15, 0.2) is 17.4 Å². The summed E-state index contributed by atoms with van der Waals surface area (Å²) in [5.74, 6) is -1.79. The predicted octanol–water partition coefficient (Wildman–Crippen LogP) is 7.52. The molecule has 6 rings (SSSR count). The number of halogens is 2. The molecular formula is C31H23F2N3O3. The van der Waals surface area contributed by atoms with Crippen molar-refractivity contribution in [1.29, 1.82) is 0 Å². The van der Waals surface area contributed by atoms with E-state index in [-0.39, 0.29) is 11.3 Å². The zero-order valence-electron chi connectivity index (χ0n) is 20.9. The highest BCUT2D eigenvalue weighted by Gasteiger charge is 2.51. The first-order valence-corrected chi connectivity index (χ1v) is 12.5. The van der Waals surface area contributed by atoms with Gasteiger partial charge in [-0.1, -0.05) is 65.8 Å². The van der Waals surface area contributed by atoms with E-state index in [0.717, 1.165) is 28.3 Å². The van der Waals surface area contributed by atoms with Gasteiger partial charge < -0.3 is 14.9 Å². The Labute approximate surface area is 223 Å². The van der Waals surface area contributed by atoms with Crippen LogP contribution < -0.4 is 5.32 Å². The number of hydrogen-bond donors (Lipinski definition) is 2. The largest absolute Gasteiger partial charge is 0.481 e. The van der Waals surface area contributed by atoms with Gasteiger partial charge in [-0.05, 0) is 60.7 Å². The maximum atomic E-state index is 14.4. The summed E-state index contributed by atoms with van der Waals surface area (Å²) in [5.41, 5.74) is 4.11. The fraction of sp³-hybridized carbons (Fsp3) is 0.129. The fourth-order valence-corrected chi connectivity index (χ4v) is 4.84.